The number of pyridine rings is 1. The number of nitrogens with zero attached hydrogens (tertiary/aromatic N) is 1. The monoisotopic (exact) mass is 172 g/mol. The lowest BCUT2D eigenvalue weighted by atomic mass is 10.1. The molecule has 0 radical (unpaired) electrons. The van der Waals surface area contributed by atoms with Gasteiger partial charge in [0.2, 0.25) is 0 Å². The molecule has 0 spiro atoms. The van der Waals surface area contributed by atoms with Gasteiger partial charge >= 0.3 is 0 Å². The minimum absolute atomic E-state index is 0.0562. The third-order valence-electron chi connectivity index (χ3n) is 1.48. The van der Waals surface area contributed by atoms with Gasteiger partial charge in [-0.15, -0.1) is 0 Å². The fourth-order valence-electron chi connectivity index (χ4n) is 0.903. The molecule has 1 aromatic rings. The van der Waals surface area contributed by atoms with Crippen molar-refractivity contribution in [2.75, 3.05) is 13.6 Å². The van der Waals surface area contributed by atoms with Gasteiger partial charge in [0.1, 0.15) is 0 Å². The molecule has 2 nitrogen and oxygen atoms in total. The molecule has 0 atom stereocenters. The number of nitrogens with one attached hydrogen (secondary N) is 1. The van der Waals surface area contributed by atoms with Gasteiger partial charge < -0.3 is 5.32 Å². The van der Waals surface area contributed by atoms with Gasteiger partial charge in [0.15, 0.2) is 0 Å². The third kappa shape index (κ3) is 1.98. The molecule has 1 N–H and O–H groups in total. The van der Waals surface area contributed by atoms with Crippen LogP contribution in [0.2, 0.25) is 0 Å². The topological polar surface area (TPSA) is 24.9 Å². The molecule has 66 valence electrons. The Morgan fingerprint density at radius 2 is 2.33 bits per heavy atom. The molecule has 0 bridgehead atoms. The number of hydrogen-bond acceptors (Lipinski definition) is 2. The highest BCUT2D eigenvalue weighted by Gasteiger charge is 2.30. The van der Waals surface area contributed by atoms with Crippen LogP contribution >= 0.6 is 0 Å². The summed E-state index contributed by atoms with van der Waals surface area (Å²) in [6.07, 6.45) is 2.65. The van der Waals surface area contributed by atoms with E-state index in [-0.39, 0.29) is 12.1 Å². The average molecular weight is 172 g/mol. The van der Waals surface area contributed by atoms with Crippen LogP contribution in [0, 0.1) is 0 Å². The van der Waals surface area contributed by atoms with E-state index < -0.39 is 5.92 Å². The lowest BCUT2D eigenvalue weighted by Crippen LogP contribution is -2.28. The van der Waals surface area contributed by atoms with Crippen molar-refractivity contribution < 1.29 is 8.78 Å². The summed E-state index contributed by atoms with van der Waals surface area (Å²) < 4.78 is 26.1. The Morgan fingerprint density at radius 3 is 2.83 bits per heavy atom. The van der Waals surface area contributed by atoms with Gasteiger partial charge in [-0.3, -0.25) is 4.98 Å². The van der Waals surface area contributed by atoms with Crippen molar-refractivity contribution in [3.63, 3.8) is 0 Å². The van der Waals surface area contributed by atoms with Gasteiger partial charge in [-0.2, -0.15) is 8.78 Å². The number of likely N-dealkylation sites (N-methyl/N-ethyl adjacent to an activating group) is 1. The number of halogens is 2. The molecule has 1 aromatic heterocycles. The van der Waals surface area contributed by atoms with Crippen LogP contribution in [0.25, 0.3) is 0 Å². The molecule has 0 saturated heterocycles. The average Bonchev–Trinajstić information content (AvgIpc) is 2.06. The largest absolute Gasteiger partial charge is 0.314 e. The second kappa shape index (κ2) is 3.58. The van der Waals surface area contributed by atoms with Gasteiger partial charge in [0.05, 0.1) is 6.54 Å². The first-order chi connectivity index (χ1) is 5.67. The van der Waals surface area contributed by atoms with Gasteiger partial charge in [-0.05, 0) is 19.2 Å². The zero-order chi connectivity index (χ0) is 9.03. The van der Waals surface area contributed by atoms with Crippen LogP contribution in [0.4, 0.5) is 8.78 Å². The highest BCUT2D eigenvalue weighted by atomic mass is 19.3. The maximum Gasteiger partial charge on any atom is 0.286 e. The smallest absolute Gasteiger partial charge is 0.286 e. The lowest BCUT2D eigenvalue weighted by Gasteiger charge is -2.14. The van der Waals surface area contributed by atoms with E-state index in [9.17, 15) is 8.78 Å². The molecule has 0 fully saturated rings. The molecule has 0 unspecified atom stereocenters. The Bertz CT molecular complexity index is 236. The number of alkyl halides is 2. The molecule has 1 heterocycles. The minimum atomic E-state index is -2.83. The summed E-state index contributed by atoms with van der Waals surface area (Å²) in [6, 6.07) is 2.86. The van der Waals surface area contributed by atoms with Crippen LogP contribution in [0.1, 0.15) is 5.56 Å². The van der Waals surface area contributed by atoms with Crippen LogP contribution in [-0.4, -0.2) is 18.6 Å². The van der Waals surface area contributed by atoms with Crippen molar-refractivity contribution in [1.29, 1.82) is 0 Å². The summed E-state index contributed by atoms with van der Waals surface area (Å²) in [4.78, 5) is 3.63. The molecule has 0 aliphatic carbocycles. The van der Waals surface area contributed by atoms with Crippen molar-refractivity contribution in [2.24, 2.45) is 0 Å². The van der Waals surface area contributed by atoms with Crippen LogP contribution in [0.5, 0.6) is 0 Å². The molecule has 1 rings (SSSR count). The first-order valence-electron chi connectivity index (χ1n) is 3.60. The normalized spacial score (nSPS) is 11.6. The van der Waals surface area contributed by atoms with Crippen LogP contribution in [0.3, 0.4) is 0 Å². The van der Waals surface area contributed by atoms with Crippen LogP contribution < -0.4 is 5.32 Å². The SMILES string of the molecule is CNCC(F)(F)c1cccnc1. The van der Waals surface area contributed by atoms with E-state index in [1.54, 1.807) is 0 Å². The van der Waals surface area contributed by atoms with Gasteiger partial charge in [-0.25, -0.2) is 0 Å². The number of aromatic nitrogens is 1. The second-order valence-corrected chi connectivity index (χ2v) is 2.48. The standard InChI is InChI=1S/C8H10F2N2/c1-11-6-8(9,10)7-3-2-4-12-5-7/h2-5,11H,6H2,1H3. The Hall–Kier alpha value is -1.03. The first-order valence-corrected chi connectivity index (χ1v) is 3.60. The number of rotatable bonds is 3. The first kappa shape index (κ1) is 9.06. The minimum Gasteiger partial charge on any atom is -0.314 e. The predicted molar refractivity (Wildman–Crippen MR) is 42.1 cm³/mol. The maximum atomic E-state index is 13.1. The predicted octanol–water partition coefficient (Wildman–Crippen LogP) is 1.39. The fourth-order valence-corrected chi connectivity index (χ4v) is 0.903. The quantitative estimate of drug-likeness (QED) is 0.745. The van der Waals surface area contributed by atoms with E-state index in [4.69, 9.17) is 0 Å². The summed E-state index contributed by atoms with van der Waals surface area (Å²) in [5.41, 5.74) is -0.0562. The summed E-state index contributed by atoms with van der Waals surface area (Å²) in [5.74, 6) is -2.83. The third-order valence-corrected chi connectivity index (χ3v) is 1.48. The van der Waals surface area contributed by atoms with Crippen molar-refractivity contribution in [2.45, 2.75) is 5.92 Å². The van der Waals surface area contributed by atoms with E-state index >= 15 is 0 Å². The van der Waals surface area contributed by atoms with Crippen LogP contribution in [0.15, 0.2) is 24.5 Å². The van der Waals surface area contributed by atoms with Crippen molar-refractivity contribution in [3.8, 4) is 0 Å². The highest BCUT2D eigenvalue weighted by Crippen LogP contribution is 2.25. The van der Waals surface area contributed by atoms with Crippen molar-refractivity contribution in [3.05, 3.63) is 30.1 Å². The summed E-state index contributed by atoms with van der Waals surface area (Å²) in [5, 5.41) is 2.43. The van der Waals surface area contributed by atoms with Crippen molar-refractivity contribution in [1.82, 2.24) is 10.3 Å². The molecular weight excluding hydrogens is 162 g/mol. The van der Waals surface area contributed by atoms with E-state index in [0.717, 1.165) is 0 Å². The van der Waals surface area contributed by atoms with Gasteiger partial charge in [0, 0.05) is 18.0 Å². The van der Waals surface area contributed by atoms with Gasteiger partial charge in [0.25, 0.3) is 5.92 Å². The zero-order valence-corrected chi connectivity index (χ0v) is 6.72. The molecule has 12 heavy (non-hydrogen) atoms. The van der Waals surface area contributed by atoms with E-state index in [2.05, 4.69) is 10.3 Å². The zero-order valence-electron chi connectivity index (χ0n) is 6.72. The molecular formula is C8H10F2N2. The fraction of sp³-hybridized carbons (Fsp3) is 0.375. The summed E-state index contributed by atoms with van der Waals surface area (Å²) in [6.45, 7) is -0.362. The van der Waals surface area contributed by atoms with E-state index in [0.29, 0.717) is 0 Å². The lowest BCUT2D eigenvalue weighted by molar-refractivity contribution is -0.00158. The second-order valence-electron chi connectivity index (χ2n) is 2.48. The Kier molecular flexibility index (Phi) is 2.70. The molecule has 4 heteroatoms. The van der Waals surface area contributed by atoms with Crippen LogP contribution in [-0.2, 0) is 5.92 Å². The Morgan fingerprint density at radius 1 is 1.58 bits per heavy atom. The highest BCUT2D eigenvalue weighted by molar-refractivity contribution is 5.15. The summed E-state index contributed by atoms with van der Waals surface area (Å²) >= 11 is 0. The van der Waals surface area contributed by atoms with Crippen molar-refractivity contribution >= 4 is 0 Å². The Labute approximate surface area is 69.6 Å². The summed E-state index contributed by atoms with van der Waals surface area (Å²) in [7, 11) is 1.49. The molecule has 0 saturated carbocycles. The van der Waals surface area contributed by atoms with E-state index in [1.165, 1.54) is 31.6 Å². The number of hydrogen-bond donors (Lipinski definition) is 1. The Balaban J connectivity index is 2.82. The molecule has 0 aliphatic rings. The van der Waals surface area contributed by atoms with E-state index in [1.807, 2.05) is 0 Å². The maximum absolute atomic E-state index is 13.1. The molecule has 0 amide bonds. The van der Waals surface area contributed by atoms with Gasteiger partial charge in [-0.1, -0.05) is 0 Å². The molecule has 0 aliphatic heterocycles. The molecule has 0 aromatic carbocycles.